The maximum absolute atomic E-state index is 14.3. The van der Waals surface area contributed by atoms with Gasteiger partial charge in [0, 0.05) is 13.1 Å². The van der Waals surface area contributed by atoms with Crippen molar-refractivity contribution in [2.24, 2.45) is 5.92 Å². The first-order chi connectivity index (χ1) is 9.17. The molecule has 0 aliphatic carbocycles. The zero-order valence-electron chi connectivity index (χ0n) is 11.1. The summed E-state index contributed by atoms with van der Waals surface area (Å²) in [5.74, 6) is 0.448. The molecule has 0 aromatic heterocycles. The number of hydrogen-bond acceptors (Lipinski definition) is 2. The fourth-order valence-electron chi connectivity index (χ4n) is 2.68. The van der Waals surface area contributed by atoms with Crippen LogP contribution in [0, 0.1) is 23.1 Å². The molecule has 0 N–H and O–H groups in total. The molecule has 1 aromatic carbocycles. The van der Waals surface area contributed by atoms with Gasteiger partial charge in [0.2, 0.25) is 0 Å². The first kappa shape index (κ1) is 14.3. The summed E-state index contributed by atoms with van der Waals surface area (Å²) in [5.41, 5.74) is 0.963. The topological polar surface area (TPSA) is 27.0 Å². The molecule has 1 aromatic rings. The number of hydrogen-bond donors (Lipinski definition) is 0. The van der Waals surface area contributed by atoms with Gasteiger partial charge >= 0.3 is 0 Å². The Bertz CT molecular complexity index is 496. The molecule has 102 valence electrons. The number of nitrogens with zero attached hydrogens (tertiary/aromatic N) is 2. The maximum atomic E-state index is 14.3. The summed E-state index contributed by atoms with van der Waals surface area (Å²) < 4.78 is 14.6. The van der Waals surface area contributed by atoms with Crippen LogP contribution in [0.2, 0.25) is 0 Å². The number of rotatable bonds is 2. The lowest BCUT2D eigenvalue weighted by atomic mass is 9.98. The third kappa shape index (κ3) is 3.09. The lowest BCUT2D eigenvalue weighted by Crippen LogP contribution is -2.25. The Morgan fingerprint density at radius 3 is 2.89 bits per heavy atom. The highest BCUT2D eigenvalue weighted by atomic mass is 79.9. The van der Waals surface area contributed by atoms with E-state index in [4.69, 9.17) is 5.26 Å². The van der Waals surface area contributed by atoms with Crippen LogP contribution in [0.3, 0.4) is 0 Å². The molecule has 1 aliphatic heterocycles. The van der Waals surface area contributed by atoms with Crippen LogP contribution in [0.1, 0.15) is 38.2 Å². The van der Waals surface area contributed by atoms with Gasteiger partial charge in [0.05, 0.1) is 15.7 Å². The Morgan fingerprint density at radius 2 is 2.21 bits per heavy atom. The Morgan fingerprint density at radius 1 is 1.42 bits per heavy atom. The van der Waals surface area contributed by atoms with Gasteiger partial charge < -0.3 is 4.90 Å². The van der Waals surface area contributed by atoms with E-state index in [9.17, 15) is 4.39 Å². The minimum atomic E-state index is -0.311. The zero-order chi connectivity index (χ0) is 13.8. The SMILES string of the molecule is CCC1CCCN(c2ccc(C#N)c(Br)c2F)CC1. The Balaban J connectivity index is 2.23. The van der Waals surface area contributed by atoms with Crippen LogP contribution in [-0.2, 0) is 0 Å². The second-order valence-electron chi connectivity index (χ2n) is 5.06. The average molecular weight is 325 g/mol. The molecule has 1 saturated heterocycles. The molecule has 19 heavy (non-hydrogen) atoms. The summed E-state index contributed by atoms with van der Waals surface area (Å²) in [6.45, 7) is 4.01. The van der Waals surface area contributed by atoms with Crippen molar-refractivity contribution in [3.8, 4) is 6.07 Å². The molecular formula is C15H18BrFN2. The molecule has 0 spiro atoms. The fourth-order valence-corrected chi connectivity index (χ4v) is 3.11. The summed E-state index contributed by atoms with van der Waals surface area (Å²) >= 11 is 3.18. The molecule has 0 radical (unpaired) electrons. The van der Waals surface area contributed by atoms with E-state index < -0.39 is 0 Å². The molecule has 2 rings (SSSR count). The van der Waals surface area contributed by atoms with Gasteiger partial charge in [-0.2, -0.15) is 5.26 Å². The van der Waals surface area contributed by atoms with Gasteiger partial charge in [-0.25, -0.2) is 4.39 Å². The van der Waals surface area contributed by atoms with E-state index in [2.05, 4.69) is 27.8 Å². The minimum absolute atomic E-state index is 0.281. The Labute approximate surface area is 122 Å². The zero-order valence-corrected chi connectivity index (χ0v) is 12.7. The number of anilines is 1. The highest BCUT2D eigenvalue weighted by Crippen LogP contribution is 2.31. The van der Waals surface area contributed by atoms with E-state index >= 15 is 0 Å². The Hall–Kier alpha value is -1.08. The third-order valence-electron chi connectivity index (χ3n) is 3.95. The van der Waals surface area contributed by atoms with Gasteiger partial charge in [0.25, 0.3) is 0 Å². The molecule has 0 bridgehead atoms. The van der Waals surface area contributed by atoms with Gasteiger partial charge in [0.15, 0.2) is 5.82 Å². The van der Waals surface area contributed by atoms with Crippen molar-refractivity contribution in [3.63, 3.8) is 0 Å². The van der Waals surface area contributed by atoms with E-state index in [1.807, 2.05) is 6.07 Å². The van der Waals surface area contributed by atoms with E-state index in [0.29, 0.717) is 11.3 Å². The largest absolute Gasteiger partial charge is 0.369 e. The molecule has 4 heteroatoms. The van der Waals surface area contributed by atoms with E-state index in [1.165, 1.54) is 12.8 Å². The van der Waals surface area contributed by atoms with Crippen molar-refractivity contribution in [2.75, 3.05) is 18.0 Å². The van der Waals surface area contributed by atoms with Gasteiger partial charge in [-0.3, -0.25) is 0 Å². The second kappa shape index (κ2) is 6.38. The normalized spacial score (nSPS) is 19.9. The third-order valence-corrected chi connectivity index (χ3v) is 4.72. The van der Waals surface area contributed by atoms with Crippen LogP contribution >= 0.6 is 15.9 Å². The van der Waals surface area contributed by atoms with Crippen molar-refractivity contribution < 1.29 is 4.39 Å². The summed E-state index contributed by atoms with van der Waals surface area (Å²) in [6.07, 6.45) is 4.66. The van der Waals surface area contributed by atoms with Crippen molar-refractivity contribution in [1.82, 2.24) is 0 Å². The van der Waals surface area contributed by atoms with Crippen LogP contribution in [0.25, 0.3) is 0 Å². The van der Waals surface area contributed by atoms with E-state index in [0.717, 1.165) is 31.8 Å². The smallest absolute Gasteiger partial charge is 0.161 e. The van der Waals surface area contributed by atoms with Crippen molar-refractivity contribution >= 4 is 21.6 Å². The predicted octanol–water partition coefficient (Wildman–Crippen LogP) is 4.48. The Kier molecular flexibility index (Phi) is 4.81. The molecule has 2 nitrogen and oxygen atoms in total. The van der Waals surface area contributed by atoms with Crippen LogP contribution in [0.15, 0.2) is 16.6 Å². The average Bonchev–Trinajstić information content (AvgIpc) is 2.67. The van der Waals surface area contributed by atoms with Crippen LogP contribution in [0.4, 0.5) is 10.1 Å². The molecule has 1 fully saturated rings. The summed E-state index contributed by atoms with van der Waals surface area (Å²) in [7, 11) is 0. The maximum Gasteiger partial charge on any atom is 0.161 e. The first-order valence-corrected chi connectivity index (χ1v) is 7.59. The summed E-state index contributed by atoms with van der Waals surface area (Å²) in [6, 6.07) is 5.40. The summed E-state index contributed by atoms with van der Waals surface area (Å²) in [5, 5.41) is 8.90. The first-order valence-electron chi connectivity index (χ1n) is 6.80. The van der Waals surface area contributed by atoms with Crippen LogP contribution < -0.4 is 4.90 Å². The predicted molar refractivity (Wildman–Crippen MR) is 78.7 cm³/mol. The molecular weight excluding hydrogens is 307 g/mol. The number of nitriles is 1. The van der Waals surface area contributed by atoms with Crippen molar-refractivity contribution in [2.45, 2.75) is 32.6 Å². The van der Waals surface area contributed by atoms with Crippen LogP contribution in [-0.4, -0.2) is 13.1 Å². The molecule has 0 saturated carbocycles. The van der Waals surface area contributed by atoms with Gasteiger partial charge in [-0.1, -0.05) is 13.3 Å². The number of halogens is 2. The van der Waals surface area contributed by atoms with Crippen molar-refractivity contribution in [3.05, 3.63) is 28.0 Å². The highest BCUT2D eigenvalue weighted by Gasteiger charge is 2.20. The monoisotopic (exact) mass is 324 g/mol. The minimum Gasteiger partial charge on any atom is -0.369 e. The molecule has 0 amide bonds. The van der Waals surface area contributed by atoms with Gasteiger partial charge in [-0.05, 0) is 53.2 Å². The standard InChI is InChI=1S/C15H18BrFN2/c1-2-11-4-3-8-19(9-7-11)13-6-5-12(10-18)14(16)15(13)17/h5-6,11H,2-4,7-9H2,1H3. The second-order valence-corrected chi connectivity index (χ2v) is 5.86. The number of benzene rings is 1. The lowest BCUT2D eigenvalue weighted by Gasteiger charge is -2.24. The van der Waals surface area contributed by atoms with Gasteiger partial charge in [0.1, 0.15) is 6.07 Å². The lowest BCUT2D eigenvalue weighted by molar-refractivity contribution is 0.459. The quantitative estimate of drug-likeness (QED) is 0.802. The van der Waals surface area contributed by atoms with Crippen LogP contribution in [0.5, 0.6) is 0 Å². The van der Waals surface area contributed by atoms with E-state index in [1.54, 1.807) is 12.1 Å². The molecule has 1 heterocycles. The van der Waals surface area contributed by atoms with Crippen molar-refractivity contribution in [1.29, 1.82) is 5.26 Å². The van der Waals surface area contributed by atoms with E-state index in [-0.39, 0.29) is 10.3 Å². The molecule has 1 atom stereocenters. The fraction of sp³-hybridized carbons (Fsp3) is 0.533. The molecule has 1 unspecified atom stereocenters. The highest BCUT2D eigenvalue weighted by molar-refractivity contribution is 9.10. The summed E-state index contributed by atoms with van der Waals surface area (Å²) in [4.78, 5) is 2.11. The molecule has 1 aliphatic rings. The van der Waals surface area contributed by atoms with Gasteiger partial charge in [-0.15, -0.1) is 0 Å².